The number of nitrogens with zero attached hydrogens (tertiary/aromatic N) is 6. The summed E-state index contributed by atoms with van der Waals surface area (Å²) in [6.07, 6.45) is 2.59. The molecule has 9 nitrogen and oxygen atoms in total. The van der Waals surface area contributed by atoms with Gasteiger partial charge in [-0.15, -0.1) is 0 Å². The van der Waals surface area contributed by atoms with Crippen molar-refractivity contribution in [1.82, 2.24) is 19.5 Å². The second-order valence-corrected chi connectivity index (χ2v) is 8.36. The van der Waals surface area contributed by atoms with Crippen molar-refractivity contribution in [2.24, 2.45) is 0 Å². The third kappa shape index (κ3) is 4.74. The molecule has 3 heterocycles. The first-order valence-corrected chi connectivity index (χ1v) is 11.6. The molecule has 1 fully saturated rings. The normalized spacial score (nSPS) is 14.0. The average Bonchev–Trinajstić information content (AvgIpc) is 3.28. The molecule has 0 saturated carbocycles. The molecule has 0 radical (unpaired) electrons. The molecule has 5 rings (SSSR count). The Hall–Kier alpha value is -3.85. The minimum Gasteiger partial charge on any atom is -0.508 e. The van der Waals surface area contributed by atoms with Crippen molar-refractivity contribution in [2.45, 2.75) is 13.0 Å². The van der Waals surface area contributed by atoms with Gasteiger partial charge in [0.2, 0.25) is 5.95 Å². The lowest BCUT2D eigenvalue weighted by molar-refractivity contribution is 0.277. The molecule has 176 valence electrons. The zero-order chi connectivity index (χ0) is 23.3. The fraction of sp³-hybridized carbons (Fsp3) is 0.320. The summed E-state index contributed by atoms with van der Waals surface area (Å²) >= 11 is 0. The summed E-state index contributed by atoms with van der Waals surface area (Å²) in [5.41, 5.74) is 3.80. The smallest absolute Gasteiger partial charge is 0.229 e. The van der Waals surface area contributed by atoms with Gasteiger partial charge >= 0.3 is 0 Å². The molecule has 0 spiro atoms. The van der Waals surface area contributed by atoms with Crippen LogP contribution in [0.25, 0.3) is 11.2 Å². The molecule has 9 heteroatoms. The van der Waals surface area contributed by atoms with Crippen molar-refractivity contribution >= 4 is 28.6 Å². The topological polar surface area (TPSA) is 103 Å². The third-order valence-electron chi connectivity index (χ3n) is 6.12. The maximum absolute atomic E-state index is 9.56. The van der Waals surface area contributed by atoms with Crippen molar-refractivity contribution in [2.75, 3.05) is 54.4 Å². The number of phenols is 1. The Bertz CT molecular complexity index is 1220. The van der Waals surface area contributed by atoms with E-state index in [1.54, 1.807) is 18.5 Å². The van der Waals surface area contributed by atoms with Gasteiger partial charge in [-0.2, -0.15) is 9.97 Å². The SMILES string of the molecule is OCCn1cnc2c(NCCc3ccccc3)nc(N3CCN(c4ccc(O)cc4)CC3)nc21. The Labute approximate surface area is 198 Å². The average molecular weight is 460 g/mol. The lowest BCUT2D eigenvalue weighted by atomic mass is 10.1. The van der Waals surface area contributed by atoms with Crippen LogP contribution < -0.4 is 15.1 Å². The van der Waals surface area contributed by atoms with Crippen molar-refractivity contribution in [3.63, 3.8) is 0 Å². The van der Waals surface area contributed by atoms with E-state index in [0.29, 0.717) is 23.8 Å². The number of aliphatic hydroxyl groups excluding tert-OH is 1. The molecule has 1 aliphatic heterocycles. The Morgan fingerprint density at radius 1 is 0.882 bits per heavy atom. The van der Waals surface area contributed by atoms with Gasteiger partial charge in [-0.1, -0.05) is 30.3 Å². The van der Waals surface area contributed by atoms with Gasteiger partial charge in [0.25, 0.3) is 0 Å². The number of hydrogen-bond acceptors (Lipinski definition) is 8. The number of fused-ring (bicyclic) bond motifs is 1. The Morgan fingerprint density at radius 3 is 2.35 bits per heavy atom. The second-order valence-electron chi connectivity index (χ2n) is 8.36. The van der Waals surface area contributed by atoms with Gasteiger partial charge in [-0.25, -0.2) is 4.98 Å². The lowest BCUT2D eigenvalue weighted by Gasteiger charge is -2.36. The van der Waals surface area contributed by atoms with Crippen molar-refractivity contribution < 1.29 is 10.2 Å². The lowest BCUT2D eigenvalue weighted by Crippen LogP contribution is -2.47. The predicted molar refractivity (Wildman–Crippen MR) is 134 cm³/mol. The molecule has 4 aromatic rings. The molecule has 0 unspecified atom stereocenters. The number of benzene rings is 2. The van der Waals surface area contributed by atoms with Crippen LogP contribution in [0.1, 0.15) is 5.56 Å². The summed E-state index contributed by atoms with van der Waals surface area (Å²) in [5.74, 6) is 1.66. The Kier molecular flexibility index (Phi) is 6.44. The summed E-state index contributed by atoms with van der Waals surface area (Å²) in [5, 5.41) is 22.5. The van der Waals surface area contributed by atoms with Gasteiger partial charge in [0.1, 0.15) is 5.75 Å². The first-order chi connectivity index (χ1) is 16.7. The van der Waals surface area contributed by atoms with E-state index >= 15 is 0 Å². The van der Waals surface area contributed by atoms with E-state index in [2.05, 4.69) is 32.2 Å². The third-order valence-corrected chi connectivity index (χ3v) is 6.12. The summed E-state index contributed by atoms with van der Waals surface area (Å²) in [4.78, 5) is 18.7. The Morgan fingerprint density at radius 2 is 1.62 bits per heavy atom. The van der Waals surface area contributed by atoms with E-state index in [0.717, 1.165) is 50.5 Å². The largest absolute Gasteiger partial charge is 0.508 e. The van der Waals surface area contributed by atoms with Crippen LogP contribution in [0.4, 0.5) is 17.5 Å². The number of nitrogens with one attached hydrogen (secondary N) is 1. The van der Waals surface area contributed by atoms with Crippen LogP contribution in [0.15, 0.2) is 60.9 Å². The molecule has 0 amide bonds. The van der Waals surface area contributed by atoms with Crippen molar-refractivity contribution in [3.8, 4) is 5.75 Å². The maximum Gasteiger partial charge on any atom is 0.229 e. The van der Waals surface area contributed by atoms with Crippen LogP contribution >= 0.6 is 0 Å². The molecule has 0 atom stereocenters. The van der Waals surface area contributed by atoms with Crippen LogP contribution in [-0.4, -0.2) is 69.1 Å². The highest BCUT2D eigenvalue weighted by Crippen LogP contribution is 2.25. The molecule has 2 aromatic heterocycles. The number of aromatic nitrogens is 4. The van der Waals surface area contributed by atoms with Gasteiger partial charge in [0, 0.05) is 45.0 Å². The van der Waals surface area contributed by atoms with Gasteiger partial charge in [-0.05, 0) is 36.2 Å². The fourth-order valence-electron chi connectivity index (χ4n) is 4.27. The van der Waals surface area contributed by atoms with Crippen LogP contribution in [0.5, 0.6) is 5.75 Å². The van der Waals surface area contributed by atoms with E-state index in [1.165, 1.54) is 5.56 Å². The first kappa shape index (κ1) is 22.0. The number of phenolic OH excluding ortho intramolecular Hbond substituents is 1. The number of anilines is 3. The summed E-state index contributed by atoms with van der Waals surface area (Å²) in [7, 11) is 0. The summed E-state index contributed by atoms with van der Waals surface area (Å²) in [6.45, 7) is 4.42. The van der Waals surface area contributed by atoms with Gasteiger partial charge in [0.05, 0.1) is 12.9 Å². The molecular formula is C25H29N7O2. The number of aromatic hydroxyl groups is 1. The zero-order valence-electron chi connectivity index (χ0n) is 19.0. The number of piperazine rings is 1. The molecule has 0 bridgehead atoms. The monoisotopic (exact) mass is 459 g/mol. The minimum absolute atomic E-state index is 0.0207. The summed E-state index contributed by atoms with van der Waals surface area (Å²) < 4.78 is 1.87. The highest BCUT2D eigenvalue weighted by atomic mass is 16.3. The summed E-state index contributed by atoms with van der Waals surface area (Å²) in [6, 6.07) is 17.7. The van der Waals surface area contributed by atoms with Crippen molar-refractivity contribution in [3.05, 3.63) is 66.5 Å². The standard InChI is InChI=1S/C25H29N7O2/c33-17-16-32-18-27-22-23(26-11-10-19-4-2-1-3-5-19)28-25(29-24(22)32)31-14-12-30(13-15-31)20-6-8-21(34)9-7-20/h1-9,18,33-34H,10-17H2,(H,26,28,29). The maximum atomic E-state index is 9.56. The zero-order valence-corrected chi connectivity index (χ0v) is 19.0. The van der Waals surface area contributed by atoms with Gasteiger partial charge < -0.3 is 29.9 Å². The molecule has 2 aromatic carbocycles. The van der Waals surface area contributed by atoms with Crippen LogP contribution in [0, 0.1) is 0 Å². The molecule has 0 aliphatic carbocycles. The highest BCUT2D eigenvalue weighted by Gasteiger charge is 2.22. The van der Waals surface area contributed by atoms with Gasteiger partial charge in [-0.3, -0.25) is 0 Å². The fourth-order valence-corrected chi connectivity index (χ4v) is 4.27. The first-order valence-electron chi connectivity index (χ1n) is 11.6. The van der Waals surface area contributed by atoms with E-state index in [1.807, 2.05) is 34.9 Å². The predicted octanol–water partition coefficient (Wildman–Crippen LogP) is 2.51. The van der Waals surface area contributed by atoms with E-state index < -0.39 is 0 Å². The number of imidazole rings is 1. The Balaban J connectivity index is 1.35. The number of rotatable bonds is 8. The molecular weight excluding hydrogens is 430 g/mol. The highest BCUT2D eigenvalue weighted by molar-refractivity contribution is 5.84. The molecule has 34 heavy (non-hydrogen) atoms. The van der Waals surface area contributed by atoms with Crippen LogP contribution in [-0.2, 0) is 13.0 Å². The van der Waals surface area contributed by atoms with E-state index in [9.17, 15) is 10.2 Å². The number of hydrogen-bond donors (Lipinski definition) is 3. The molecule has 1 aliphatic rings. The second kappa shape index (κ2) is 9.96. The van der Waals surface area contributed by atoms with Crippen LogP contribution in [0.3, 0.4) is 0 Å². The number of aliphatic hydroxyl groups is 1. The van der Waals surface area contributed by atoms with Crippen molar-refractivity contribution in [1.29, 1.82) is 0 Å². The van der Waals surface area contributed by atoms with Crippen LogP contribution in [0.2, 0.25) is 0 Å². The molecule has 3 N–H and O–H groups in total. The minimum atomic E-state index is 0.0207. The quantitative estimate of drug-likeness (QED) is 0.369. The van der Waals surface area contributed by atoms with Gasteiger partial charge in [0.15, 0.2) is 17.0 Å². The van der Waals surface area contributed by atoms with E-state index in [-0.39, 0.29) is 12.4 Å². The molecule has 1 saturated heterocycles. The van der Waals surface area contributed by atoms with E-state index in [4.69, 9.17) is 9.97 Å².